The number of hydrogen-bond acceptors (Lipinski definition) is 4. The lowest BCUT2D eigenvalue weighted by atomic mass is 9.83. The van der Waals surface area contributed by atoms with Crippen molar-refractivity contribution in [3.8, 4) is 0 Å². The summed E-state index contributed by atoms with van der Waals surface area (Å²) in [6.07, 6.45) is 7.62. The van der Waals surface area contributed by atoms with E-state index in [9.17, 15) is 8.42 Å². The fourth-order valence-electron chi connectivity index (χ4n) is 4.47. The first-order chi connectivity index (χ1) is 14.4. The average molecular weight is 436 g/mol. The maximum absolute atomic E-state index is 11.8. The Morgan fingerprint density at radius 3 is 2.57 bits per heavy atom. The van der Waals surface area contributed by atoms with Gasteiger partial charge in [-0.05, 0) is 43.6 Å². The van der Waals surface area contributed by atoms with E-state index in [0.717, 1.165) is 25.7 Å². The molecule has 0 spiro atoms. The molecule has 1 aromatic rings. The third-order valence-corrected chi connectivity index (χ3v) is 6.69. The number of rotatable bonds is 7. The molecule has 2 aliphatic rings. The Morgan fingerprint density at radius 1 is 1.23 bits per heavy atom. The SMILES string of the molecule is CN=CN=C(N)N1CC[C@H](NS(C)(=O)=O)[C@@H]1COC1CCC(c2ccccc2)CC1. The fourth-order valence-corrected chi connectivity index (χ4v) is 5.30. The lowest BCUT2D eigenvalue weighted by Crippen LogP contribution is -2.51. The van der Waals surface area contributed by atoms with Gasteiger partial charge in [-0.15, -0.1) is 0 Å². The smallest absolute Gasteiger partial charge is 0.209 e. The summed E-state index contributed by atoms with van der Waals surface area (Å²) in [4.78, 5) is 9.90. The predicted molar refractivity (Wildman–Crippen MR) is 120 cm³/mol. The largest absolute Gasteiger partial charge is 0.376 e. The van der Waals surface area contributed by atoms with Crippen LogP contribution in [0.4, 0.5) is 0 Å². The molecule has 3 N–H and O–H groups in total. The van der Waals surface area contributed by atoms with Crippen LogP contribution in [0, 0.1) is 0 Å². The molecule has 1 aromatic carbocycles. The molecule has 0 amide bonds. The van der Waals surface area contributed by atoms with Gasteiger partial charge >= 0.3 is 0 Å². The van der Waals surface area contributed by atoms with E-state index in [4.69, 9.17) is 10.5 Å². The van der Waals surface area contributed by atoms with E-state index >= 15 is 0 Å². The number of sulfonamides is 1. The number of benzene rings is 1. The third kappa shape index (κ3) is 6.26. The minimum atomic E-state index is -3.33. The molecule has 2 atom stereocenters. The highest BCUT2D eigenvalue weighted by Gasteiger charge is 2.38. The first-order valence-electron chi connectivity index (χ1n) is 10.5. The molecule has 1 aliphatic carbocycles. The molecule has 0 aromatic heterocycles. The summed E-state index contributed by atoms with van der Waals surface area (Å²) < 4.78 is 32.6. The van der Waals surface area contributed by atoms with Gasteiger partial charge < -0.3 is 15.4 Å². The van der Waals surface area contributed by atoms with Gasteiger partial charge in [0.25, 0.3) is 0 Å². The fraction of sp³-hybridized carbons (Fsp3) is 0.619. The van der Waals surface area contributed by atoms with Crippen LogP contribution in [0.1, 0.15) is 43.6 Å². The molecule has 0 bridgehead atoms. The zero-order valence-corrected chi connectivity index (χ0v) is 18.6. The quantitative estimate of drug-likeness (QED) is 0.500. The Balaban J connectivity index is 1.59. The molecule has 3 rings (SSSR count). The summed E-state index contributed by atoms with van der Waals surface area (Å²) in [6, 6.07) is 10.2. The Kier molecular flexibility index (Phi) is 7.85. The van der Waals surface area contributed by atoms with Crippen molar-refractivity contribution < 1.29 is 13.2 Å². The summed E-state index contributed by atoms with van der Waals surface area (Å²) in [7, 11) is -1.70. The normalized spacial score (nSPS) is 28.3. The maximum atomic E-state index is 11.8. The topological polar surface area (TPSA) is 109 Å². The van der Waals surface area contributed by atoms with Crippen LogP contribution in [-0.2, 0) is 14.8 Å². The van der Waals surface area contributed by atoms with Crippen molar-refractivity contribution in [2.45, 2.75) is 56.2 Å². The van der Waals surface area contributed by atoms with Gasteiger partial charge in [0.1, 0.15) is 6.34 Å². The number of hydrogen-bond donors (Lipinski definition) is 2. The summed E-state index contributed by atoms with van der Waals surface area (Å²) in [5.74, 6) is 0.921. The monoisotopic (exact) mass is 435 g/mol. The highest BCUT2D eigenvalue weighted by atomic mass is 32.2. The van der Waals surface area contributed by atoms with Crippen molar-refractivity contribution in [2.24, 2.45) is 15.7 Å². The van der Waals surface area contributed by atoms with Crippen LogP contribution in [-0.4, -0.2) is 70.3 Å². The van der Waals surface area contributed by atoms with E-state index in [1.807, 2.05) is 11.0 Å². The second-order valence-corrected chi connectivity index (χ2v) is 9.90. The van der Waals surface area contributed by atoms with Crippen LogP contribution in [0.3, 0.4) is 0 Å². The zero-order chi connectivity index (χ0) is 21.6. The van der Waals surface area contributed by atoms with Gasteiger partial charge in [0.05, 0.1) is 25.0 Å². The Hall–Kier alpha value is -1.97. The second kappa shape index (κ2) is 10.4. The van der Waals surface area contributed by atoms with Gasteiger partial charge in [-0.2, -0.15) is 0 Å². The van der Waals surface area contributed by atoms with E-state index in [0.29, 0.717) is 31.4 Å². The van der Waals surface area contributed by atoms with E-state index in [2.05, 4.69) is 39.0 Å². The van der Waals surface area contributed by atoms with Crippen LogP contribution in [0.5, 0.6) is 0 Å². The van der Waals surface area contributed by atoms with Gasteiger partial charge in [0, 0.05) is 19.6 Å². The molecule has 0 unspecified atom stereocenters. The predicted octanol–water partition coefficient (Wildman–Crippen LogP) is 1.69. The molecule has 1 saturated carbocycles. The lowest BCUT2D eigenvalue weighted by Gasteiger charge is -2.33. The second-order valence-electron chi connectivity index (χ2n) is 8.12. The van der Waals surface area contributed by atoms with Crippen LogP contribution < -0.4 is 10.5 Å². The molecule has 166 valence electrons. The minimum absolute atomic E-state index is 0.182. The van der Waals surface area contributed by atoms with Crippen molar-refractivity contribution in [3.05, 3.63) is 35.9 Å². The van der Waals surface area contributed by atoms with Gasteiger partial charge in [-0.3, -0.25) is 4.99 Å². The number of nitrogens with two attached hydrogens (primary N) is 1. The van der Waals surface area contributed by atoms with E-state index in [-0.39, 0.29) is 18.2 Å². The molecule has 30 heavy (non-hydrogen) atoms. The molecular weight excluding hydrogens is 402 g/mol. The molecule has 8 nitrogen and oxygen atoms in total. The number of ether oxygens (including phenoxy) is 1. The van der Waals surface area contributed by atoms with Gasteiger partial charge in [-0.1, -0.05) is 30.3 Å². The number of aliphatic imine (C=N–C) groups is 2. The van der Waals surface area contributed by atoms with Crippen molar-refractivity contribution in [1.82, 2.24) is 9.62 Å². The van der Waals surface area contributed by atoms with Crippen molar-refractivity contribution in [1.29, 1.82) is 0 Å². The Morgan fingerprint density at radius 2 is 1.93 bits per heavy atom. The number of nitrogens with zero attached hydrogens (tertiary/aromatic N) is 3. The molecule has 1 saturated heterocycles. The third-order valence-electron chi connectivity index (χ3n) is 5.96. The van der Waals surface area contributed by atoms with Crippen LogP contribution in [0.25, 0.3) is 0 Å². The number of guanidine groups is 1. The average Bonchev–Trinajstić information content (AvgIpc) is 3.12. The van der Waals surface area contributed by atoms with E-state index in [1.54, 1.807) is 7.05 Å². The Labute approximate surface area is 179 Å². The van der Waals surface area contributed by atoms with Gasteiger partial charge in [0.2, 0.25) is 10.0 Å². The van der Waals surface area contributed by atoms with Crippen molar-refractivity contribution >= 4 is 22.3 Å². The number of likely N-dealkylation sites (tertiary alicyclic amines) is 1. The van der Waals surface area contributed by atoms with Crippen LogP contribution in [0.15, 0.2) is 40.3 Å². The van der Waals surface area contributed by atoms with Crippen molar-refractivity contribution in [3.63, 3.8) is 0 Å². The zero-order valence-electron chi connectivity index (χ0n) is 17.8. The maximum Gasteiger partial charge on any atom is 0.209 e. The molecule has 1 aliphatic heterocycles. The van der Waals surface area contributed by atoms with E-state index < -0.39 is 10.0 Å². The standard InChI is InChI=1S/C21H33N5O3S/c1-23-15-24-21(22)26-13-12-19(25-30(2,27)28)20(26)14-29-18-10-8-17(9-11-18)16-6-4-3-5-7-16/h3-7,15,17-20,25H,8-14H2,1-2H3,(H2,22,23,24)/t17?,18?,19-,20-/m0/s1. The minimum Gasteiger partial charge on any atom is -0.376 e. The summed E-state index contributed by atoms with van der Waals surface area (Å²) in [5, 5.41) is 0. The molecule has 2 fully saturated rings. The molecule has 1 heterocycles. The molecule has 9 heteroatoms. The summed E-state index contributed by atoms with van der Waals surface area (Å²) >= 11 is 0. The molecular formula is C21H33N5O3S. The highest BCUT2D eigenvalue weighted by Crippen LogP contribution is 2.34. The highest BCUT2D eigenvalue weighted by molar-refractivity contribution is 7.88. The summed E-state index contributed by atoms with van der Waals surface area (Å²) in [6.45, 7) is 1.03. The number of nitrogens with one attached hydrogen (secondary N) is 1. The van der Waals surface area contributed by atoms with Crippen LogP contribution >= 0.6 is 0 Å². The summed E-state index contributed by atoms with van der Waals surface area (Å²) in [5.41, 5.74) is 7.52. The molecule has 0 radical (unpaired) electrons. The lowest BCUT2D eigenvalue weighted by molar-refractivity contribution is 0.00242. The van der Waals surface area contributed by atoms with E-state index in [1.165, 1.54) is 18.2 Å². The first-order valence-corrected chi connectivity index (χ1v) is 12.4. The van der Waals surface area contributed by atoms with Gasteiger partial charge in [0.15, 0.2) is 5.96 Å². The van der Waals surface area contributed by atoms with Crippen molar-refractivity contribution in [2.75, 3.05) is 26.5 Å². The Bertz CT molecular complexity index is 835. The van der Waals surface area contributed by atoms with Crippen LogP contribution in [0.2, 0.25) is 0 Å². The first kappa shape index (κ1) is 22.7. The van der Waals surface area contributed by atoms with Gasteiger partial charge in [-0.25, -0.2) is 18.1 Å².